The zero-order valence-electron chi connectivity index (χ0n) is 13.3. The summed E-state index contributed by atoms with van der Waals surface area (Å²) in [6, 6.07) is 9.04. The van der Waals surface area contributed by atoms with E-state index in [0.717, 1.165) is 0 Å². The Bertz CT molecular complexity index is 485. The predicted octanol–water partition coefficient (Wildman–Crippen LogP) is 6.46. The van der Waals surface area contributed by atoms with Crippen molar-refractivity contribution >= 4 is 5.57 Å². The fourth-order valence-electron chi connectivity index (χ4n) is 3.00. The minimum Gasteiger partial charge on any atom is -0.0723 e. The van der Waals surface area contributed by atoms with Gasteiger partial charge in [-0.2, -0.15) is 0 Å². The highest BCUT2D eigenvalue weighted by Crippen LogP contribution is 2.38. The minimum absolute atomic E-state index is 1.18. The summed E-state index contributed by atoms with van der Waals surface area (Å²) in [7, 11) is 0. The maximum Gasteiger partial charge on any atom is -0.0123 e. The lowest BCUT2D eigenvalue weighted by Crippen LogP contribution is -1.92. The quantitative estimate of drug-likeness (QED) is 0.532. The van der Waals surface area contributed by atoms with E-state index in [0.29, 0.717) is 0 Å². The second-order valence-corrected chi connectivity index (χ2v) is 5.98. The number of unbranched alkanes of at least 4 members (excludes halogenated alkanes) is 2. The highest BCUT2D eigenvalue weighted by atomic mass is 14.2. The minimum atomic E-state index is 1.18. The monoisotopic (exact) mass is 268 g/mol. The Morgan fingerprint density at radius 2 is 1.55 bits per heavy atom. The van der Waals surface area contributed by atoms with Crippen LogP contribution in [0.2, 0.25) is 0 Å². The Hall–Kier alpha value is -1.30. The van der Waals surface area contributed by atoms with Gasteiger partial charge in [0.05, 0.1) is 0 Å². The van der Waals surface area contributed by atoms with Crippen molar-refractivity contribution in [3.05, 3.63) is 52.6 Å². The molecule has 0 heteroatoms. The molecule has 0 radical (unpaired) electrons. The number of allylic oxidation sites excluding steroid dienone is 4. The standard InChI is InChI=1S/C20H28/c1-4-6-8-17-14-15-20(19(17)9-7-5-2)18-12-10-16(3)11-13-18/h10-13,15H,4-9,14H2,1-3H3. The van der Waals surface area contributed by atoms with Gasteiger partial charge in [0.15, 0.2) is 0 Å². The van der Waals surface area contributed by atoms with Crippen LogP contribution in [0.1, 0.15) is 69.9 Å². The maximum atomic E-state index is 2.46. The van der Waals surface area contributed by atoms with Crippen LogP contribution in [-0.2, 0) is 0 Å². The highest BCUT2D eigenvalue weighted by Gasteiger charge is 2.18. The fourth-order valence-corrected chi connectivity index (χ4v) is 3.00. The molecule has 0 heterocycles. The van der Waals surface area contributed by atoms with Crippen LogP contribution in [0.25, 0.3) is 5.57 Å². The summed E-state index contributed by atoms with van der Waals surface area (Å²) in [5, 5.41) is 0. The molecule has 108 valence electrons. The Labute approximate surface area is 124 Å². The van der Waals surface area contributed by atoms with Crippen LogP contribution in [0.5, 0.6) is 0 Å². The van der Waals surface area contributed by atoms with Gasteiger partial charge in [0.2, 0.25) is 0 Å². The van der Waals surface area contributed by atoms with E-state index >= 15 is 0 Å². The smallest absolute Gasteiger partial charge is 0.0123 e. The molecule has 0 spiro atoms. The average Bonchev–Trinajstić information content (AvgIpc) is 2.86. The van der Waals surface area contributed by atoms with Crippen LogP contribution in [0.3, 0.4) is 0 Å². The lowest BCUT2D eigenvalue weighted by Gasteiger charge is -2.12. The third-order valence-corrected chi connectivity index (χ3v) is 4.28. The van der Waals surface area contributed by atoms with Gasteiger partial charge in [0.1, 0.15) is 0 Å². The van der Waals surface area contributed by atoms with Crippen LogP contribution in [0.4, 0.5) is 0 Å². The van der Waals surface area contributed by atoms with E-state index in [1.165, 1.54) is 61.6 Å². The first-order valence-electron chi connectivity index (χ1n) is 8.24. The van der Waals surface area contributed by atoms with Gasteiger partial charge in [-0.1, -0.05) is 68.2 Å². The molecule has 0 bridgehead atoms. The number of benzene rings is 1. The normalized spacial score (nSPS) is 14.8. The van der Waals surface area contributed by atoms with Gasteiger partial charge in [-0.05, 0) is 55.7 Å². The number of rotatable bonds is 7. The molecule has 1 aromatic rings. The largest absolute Gasteiger partial charge is 0.0723 e. The third-order valence-electron chi connectivity index (χ3n) is 4.28. The molecule has 0 saturated heterocycles. The predicted molar refractivity (Wildman–Crippen MR) is 89.8 cm³/mol. The van der Waals surface area contributed by atoms with Crippen molar-refractivity contribution in [2.24, 2.45) is 0 Å². The fraction of sp³-hybridized carbons (Fsp3) is 0.500. The van der Waals surface area contributed by atoms with Gasteiger partial charge in [-0.3, -0.25) is 0 Å². The van der Waals surface area contributed by atoms with E-state index in [9.17, 15) is 0 Å². The summed E-state index contributed by atoms with van der Waals surface area (Å²) >= 11 is 0. The van der Waals surface area contributed by atoms with Gasteiger partial charge in [0, 0.05) is 0 Å². The molecule has 0 unspecified atom stereocenters. The lowest BCUT2D eigenvalue weighted by molar-refractivity contribution is 0.753. The molecule has 1 aliphatic carbocycles. The van der Waals surface area contributed by atoms with Crippen molar-refractivity contribution in [1.82, 2.24) is 0 Å². The molecule has 0 atom stereocenters. The number of hydrogen-bond donors (Lipinski definition) is 0. The molecular formula is C20H28. The van der Waals surface area contributed by atoms with E-state index < -0.39 is 0 Å². The summed E-state index contributed by atoms with van der Waals surface area (Å²) in [6.45, 7) is 6.74. The SMILES string of the molecule is CCCCC1=C(CCCC)C(c2ccc(C)cc2)=CC1. The molecule has 20 heavy (non-hydrogen) atoms. The first-order chi connectivity index (χ1) is 9.76. The van der Waals surface area contributed by atoms with Gasteiger partial charge in [0.25, 0.3) is 0 Å². The van der Waals surface area contributed by atoms with Crippen LogP contribution in [-0.4, -0.2) is 0 Å². The molecule has 0 aromatic heterocycles. The van der Waals surface area contributed by atoms with Crippen LogP contribution in [0.15, 0.2) is 41.5 Å². The van der Waals surface area contributed by atoms with Crippen molar-refractivity contribution in [2.75, 3.05) is 0 Å². The van der Waals surface area contributed by atoms with E-state index in [2.05, 4.69) is 51.1 Å². The van der Waals surface area contributed by atoms with Crippen molar-refractivity contribution in [3.63, 3.8) is 0 Å². The molecule has 0 aliphatic heterocycles. The molecule has 0 saturated carbocycles. The zero-order chi connectivity index (χ0) is 14.4. The van der Waals surface area contributed by atoms with Gasteiger partial charge in [-0.25, -0.2) is 0 Å². The van der Waals surface area contributed by atoms with E-state index in [1.54, 1.807) is 11.1 Å². The maximum absolute atomic E-state index is 2.46. The number of aryl methyl sites for hydroxylation is 1. The van der Waals surface area contributed by atoms with Gasteiger partial charge < -0.3 is 0 Å². The van der Waals surface area contributed by atoms with E-state index in [1.807, 2.05) is 0 Å². The topological polar surface area (TPSA) is 0 Å². The van der Waals surface area contributed by atoms with Crippen LogP contribution >= 0.6 is 0 Å². The highest BCUT2D eigenvalue weighted by molar-refractivity contribution is 5.82. The second kappa shape index (κ2) is 7.47. The first kappa shape index (κ1) is 15.1. The summed E-state index contributed by atoms with van der Waals surface area (Å²) in [5.74, 6) is 0. The van der Waals surface area contributed by atoms with Crippen molar-refractivity contribution in [3.8, 4) is 0 Å². The Kier molecular flexibility index (Phi) is 5.64. The van der Waals surface area contributed by atoms with E-state index in [-0.39, 0.29) is 0 Å². The molecule has 0 amide bonds. The Balaban J connectivity index is 2.22. The summed E-state index contributed by atoms with van der Waals surface area (Å²) < 4.78 is 0. The van der Waals surface area contributed by atoms with E-state index in [4.69, 9.17) is 0 Å². The van der Waals surface area contributed by atoms with Crippen LogP contribution in [0, 0.1) is 6.92 Å². The molecule has 1 aliphatic rings. The molecule has 0 N–H and O–H groups in total. The third kappa shape index (κ3) is 3.62. The molecule has 2 rings (SSSR count). The molecule has 0 nitrogen and oxygen atoms in total. The summed E-state index contributed by atoms with van der Waals surface area (Å²) in [4.78, 5) is 0. The Morgan fingerprint density at radius 1 is 0.900 bits per heavy atom. The second-order valence-electron chi connectivity index (χ2n) is 5.98. The first-order valence-corrected chi connectivity index (χ1v) is 8.24. The van der Waals surface area contributed by atoms with Crippen molar-refractivity contribution in [1.29, 1.82) is 0 Å². The Morgan fingerprint density at radius 3 is 2.20 bits per heavy atom. The summed E-state index contributed by atoms with van der Waals surface area (Å²) in [6.07, 6.45) is 11.4. The molecular weight excluding hydrogens is 240 g/mol. The van der Waals surface area contributed by atoms with Crippen LogP contribution < -0.4 is 0 Å². The molecule has 0 fully saturated rings. The number of hydrogen-bond acceptors (Lipinski definition) is 0. The van der Waals surface area contributed by atoms with Gasteiger partial charge in [-0.15, -0.1) is 0 Å². The lowest BCUT2D eigenvalue weighted by atomic mass is 9.93. The average molecular weight is 268 g/mol. The van der Waals surface area contributed by atoms with Crippen molar-refractivity contribution < 1.29 is 0 Å². The molecule has 1 aromatic carbocycles. The zero-order valence-corrected chi connectivity index (χ0v) is 13.3. The summed E-state index contributed by atoms with van der Waals surface area (Å²) in [5.41, 5.74) is 7.63. The van der Waals surface area contributed by atoms with Gasteiger partial charge >= 0.3 is 0 Å². The van der Waals surface area contributed by atoms with Crippen molar-refractivity contribution in [2.45, 2.75) is 65.7 Å².